The van der Waals surface area contributed by atoms with Crippen LogP contribution in [0.4, 0.5) is 0 Å². The molecule has 0 spiro atoms. The van der Waals surface area contributed by atoms with Crippen LogP contribution in [-0.4, -0.2) is 35.7 Å². The molecule has 2 aliphatic rings. The molecule has 0 amide bonds. The summed E-state index contributed by atoms with van der Waals surface area (Å²) in [7, 11) is 0. The molecule has 0 aliphatic carbocycles. The zero-order valence-corrected chi connectivity index (χ0v) is 12.2. The van der Waals surface area contributed by atoms with Crippen molar-refractivity contribution < 1.29 is 9.84 Å². The number of nitrogens with zero attached hydrogens (tertiary/aromatic N) is 1. The molecular weight excluding hydrogens is 262 g/mol. The number of piperidine rings is 1. The van der Waals surface area contributed by atoms with E-state index in [9.17, 15) is 5.11 Å². The Kier molecular flexibility index (Phi) is 4.58. The van der Waals surface area contributed by atoms with Gasteiger partial charge in [0.2, 0.25) is 0 Å². The Morgan fingerprint density at radius 3 is 3.05 bits per heavy atom. The Bertz CT molecular complexity index is 436. The number of ether oxygens (including phenoxy) is 1. The highest BCUT2D eigenvalue weighted by molar-refractivity contribution is 5.85. The van der Waals surface area contributed by atoms with Gasteiger partial charge in [-0.25, -0.2) is 0 Å². The first-order chi connectivity index (χ1) is 8.81. The highest BCUT2D eigenvalue weighted by Crippen LogP contribution is 2.44. The van der Waals surface area contributed by atoms with E-state index in [1.807, 2.05) is 6.07 Å². The maximum atomic E-state index is 9.88. The Morgan fingerprint density at radius 1 is 1.42 bits per heavy atom. The first-order valence-corrected chi connectivity index (χ1v) is 7.00. The SMILES string of the molecule is CCCN1CCC[C@H]2c3cccc(O)c3OC[C@H]21.Cl. The third-order valence-electron chi connectivity index (χ3n) is 4.23. The van der Waals surface area contributed by atoms with Crippen LogP contribution < -0.4 is 4.74 Å². The van der Waals surface area contributed by atoms with Crippen LogP contribution in [0, 0.1) is 0 Å². The number of benzene rings is 1. The summed E-state index contributed by atoms with van der Waals surface area (Å²) in [5.74, 6) is 1.54. The molecule has 106 valence electrons. The summed E-state index contributed by atoms with van der Waals surface area (Å²) >= 11 is 0. The third kappa shape index (κ3) is 2.54. The lowest BCUT2D eigenvalue weighted by molar-refractivity contribution is 0.0643. The van der Waals surface area contributed by atoms with Crippen LogP contribution in [0.2, 0.25) is 0 Å². The molecule has 0 saturated carbocycles. The minimum atomic E-state index is 0. The Balaban J connectivity index is 0.00000133. The second kappa shape index (κ2) is 6.02. The fraction of sp³-hybridized carbons (Fsp3) is 0.600. The van der Waals surface area contributed by atoms with E-state index < -0.39 is 0 Å². The van der Waals surface area contributed by atoms with Gasteiger partial charge < -0.3 is 9.84 Å². The molecule has 1 aromatic rings. The third-order valence-corrected chi connectivity index (χ3v) is 4.23. The van der Waals surface area contributed by atoms with Crippen molar-refractivity contribution in [2.75, 3.05) is 19.7 Å². The Labute approximate surface area is 121 Å². The van der Waals surface area contributed by atoms with Crippen LogP contribution in [0.3, 0.4) is 0 Å². The van der Waals surface area contributed by atoms with Gasteiger partial charge in [0.1, 0.15) is 6.61 Å². The van der Waals surface area contributed by atoms with Crippen molar-refractivity contribution in [2.24, 2.45) is 0 Å². The molecule has 1 saturated heterocycles. The lowest BCUT2D eigenvalue weighted by atomic mass is 9.81. The van der Waals surface area contributed by atoms with Gasteiger partial charge in [0.05, 0.1) is 6.04 Å². The molecule has 1 fully saturated rings. The largest absolute Gasteiger partial charge is 0.504 e. The lowest BCUT2D eigenvalue weighted by Gasteiger charge is -2.44. The maximum Gasteiger partial charge on any atom is 0.164 e. The van der Waals surface area contributed by atoms with E-state index in [0.717, 1.165) is 18.9 Å². The number of halogens is 1. The van der Waals surface area contributed by atoms with Gasteiger partial charge >= 0.3 is 0 Å². The normalized spacial score (nSPS) is 25.7. The second-order valence-electron chi connectivity index (χ2n) is 5.36. The summed E-state index contributed by atoms with van der Waals surface area (Å²) in [6.07, 6.45) is 3.65. The van der Waals surface area contributed by atoms with Gasteiger partial charge in [-0.1, -0.05) is 19.1 Å². The molecule has 0 radical (unpaired) electrons. The number of fused-ring (bicyclic) bond motifs is 3. The van der Waals surface area contributed by atoms with Crippen molar-refractivity contribution in [3.05, 3.63) is 23.8 Å². The van der Waals surface area contributed by atoms with Gasteiger partial charge in [-0.2, -0.15) is 0 Å². The van der Waals surface area contributed by atoms with E-state index >= 15 is 0 Å². The van der Waals surface area contributed by atoms with Crippen molar-refractivity contribution in [1.82, 2.24) is 4.90 Å². The molecule has 3 nitrogen and oxygen atoms in total. The molecule has 4 heteroatoms. The van der Waals surface area contributed by atoms with E-state index in [1.165, 1.54) is 31.4 Å². The van der Waals surface area contributed by atoms with Crippen LogP contribution in [0.25, 0.3) is 0 Å². The number of hydrogen-bond donors (Lipinski definition) is 1. The fourth-order valence-corrected chi connectivity index (χ4v) is 3.44. The van der Waals surface area contributed by atoms with Crippen LogP contribution in [0.1, 0.15) is 37.7 Å². The topological polar surface area (TPSA) is 32.7 Å². The minimum absolute atomic E-state index is 0. The van der Waals surface area contributed by atoms with Gasteiger partial charge in [0.15, 0.2) is 11.5 Å². The zero-order chi connectivity index (χ0) is 12.5. The van der Waals surface area contributed by atoms with Crippen molar-refractivity contribution in [3.8, 4) is 11.5 Å². The summed E-state index contributed by atoms with van der Waals surface area (Å²) in [6.45, 7) is 5.29. The molecule has 0 bridgehead atoms. The molecule has 0 unspecified atom stereocenters. The summed E-state index contributed by atoms with van der Waals surface area (Å²) in [4.78, 5) is 2.56. The Morgan fingerprint density at radius 2 is 2.26 bits per heavy atom. The summed E-state index contributed by atoms with van der Waals surface area (Å²) in [5, 5.41) is 9.88. The first kappa shape index (κ1) is 14.5. The number of aromatic hydroxyl groups is 1. The standard InChI is InChI=1S/C15H21NO2.ClH/c1-2-8-16-9-4-6-11-12-5-3-7-14(17)15(12)18-10-13(11)16;/h3,5,7,11,13,17H,2,4,6,8-10H2,1H3;1H/t11-,13+;/m0./s1. The van der Waals surface area contributed by atoms with Gasteiger partial charge in [-0.15, -0.1) is 12.4 Å². The zero-order valence-electron chi connectivity index (χ0n) is 11.3. The fourth-order valence-electron chi connectivity index (χ4n) is 3.44. The van der Waals surface area contributed by atoms with E-state index in [2.05, 4.69) is 17.9 Å². The monoisotopic (exact) mass is 283 g/mol. The second-order valence-corrected chi connectivity index (χ2v) is 5.36. The van der Waals surface area contributed by atoms with Gasteiger partial charge in [-0.05, 0) is 38.4 Å². The molecule has 1 aromatic carbocycles. The number of para-hydroxylation sites is 1. The summed E-state index contributed by atoms with van der Waals surface area (Å²) in [5.41, 5.74) is 1.20. The molecular formula is C15H22ClNO2. The summed E-state index contributed by atoms with van der Waals surface area (Å²) < 4.78 is 5.81. The van der Waals surface area contributed by atoms with Crippen molar-refractivity contribution >= 4 is 12.4 Å². The average molecular weight is 284 g/mol. The quantitative estimate of drug-likeness (QED) is 0.905. The molecule has 2 heterocycles. The average Bonchev–Trinajstić information content (AvgIpc) is 2.40. The predicted octanol–water partition coefficient (Wildman–Crippen LogP) is 3.16. The van der Waals surface area contributed by atoms with Gasteiger partial charge in [0, 0.05) is 11.5 Å². The summed E-state index contributed by atoms with van der Waals surface area (Å²) in [6, 6.07) is 6.25. The van der Waals surface area contributed by atoms with Gasteiger partial charge in [-0.3, -0.25) is 4.90 Å². The molecule has 2 aliphatic heterocycles. The lowest BCUT2D eigenvalue weighted by Crippen LogP contribution is -2.49. The van der Waals surface area contributed by atoms with Crippen molar-refractivity contribution in [1.29, 1.82) is 0 Å². The van der Waals surface area contributed by atoms with E-state index in [4.69, 9.17) is 4.74 Å². The molecule has 1 N–H and O–H groups in total. The van der Waals surface area contributed by atoms with E-state index in [-0.39, 0.29) is 12.4 Å². The highest BCUT2D eigenvalue weighted by Gasteiger charge is 2.37. The van der Waals surface area contributed by atoms with Crippen LogP contribution >= 0.6 is 12.4 Å². The number of phenols is 1. The molecule has 3 rings (SSSR count). The Hall–Kier alpha value is -0.930. The number of rotatable bonds is 2. The van der Waals surface area contributed by atoms with Crippen molar-refractivity contribution in [2.45, 2.75) is 38.1 Å². The number of hydrogen-bond acceptors (Lipinski definition) is 3. The molecule has 0 aromatic heterocycles. The maximum absolute atomic E-state index is 9.88. The van der Waals surface area contributed by atoms with Gasteiger partial charge in [0.25, 0.3) is 0 Å². The smallest absolute Gasteiger partial charge is 0.164 e. The first-order valence-electron chi connectivity index (χ1n) is 7.00. The van der Waals surface area contributed by atoms with Crippen molar-refractivity contribution in [3.63, 3.8) is 0 Å². The molecule has 2 atom stereocenters. The van der Waals surface area contributed by atoms with E-state index in [1.54, 1.807) is 6.07 Å². The minimum Gasteiger partial charge on any atom is -0.504 e. The predicted molar refractivity (Wildman–Crippen MR) is 78.5 cm³/mol. The highest BCUT2D eigenvalue weighted by atomic mass is 35.5. The number of phenolic OH excluding ortho intramolecular Hbond substituents is 1. The van der Waals surface area contributed by atoms with Crippen LogP contribution in [0.5, 0.6) is 11.5 Å². The number of likely N-dealkylation sites (tertiary alicyclic amines) is 1. The van der Waals surface area contributed by atoms with E-state index in [0.29, 0.717) is 17.7 Å². The van der Waals surface area contributed by atoms with Crippen LogP contribution in [-0.2, 0) is 0 Å². The van der Waals surface area contributed by atoms with Crippen LogP contribution in [0.15, 0.2) is 18.2 Å². The molecule has 19 heavy (non-hydrogen) atoms.